The van der Waals surface area contributed by atoms with Crippen LogP contribution in [-0.2, 0) is 4.74 Å². The maximum atomic E-state index is 11.8. The first-order valence-corrected chi connectivity index (χ1v) is 10.1. The van der Waals surface area contributed by atoms with Gasteiger partial charge in [0.25, 0.3) is 0 Å². The number of hydrogen-bond donors (Lipinski definition) is 1. The third-order valence-corrected chi connectivity index (χ3v) is 6.47. The molecule has 8 heteroatoms. The lowest BCUT2D eigenvalue weighted by molar-refractivity contribution is -0.0421. The third kappa shape index (κ3) is 4.54. The van der Waals surface area contributed by atoms with Crippen LogP contribution in [0.15, 0.2) is 47.5 Å². The van der Waals surface area contributed by atoms with Crippen LogP contribution < -0.4 is 4.74 Å². The van der Waals surface area contributed by atoms with Crippen molar-refractivity contribution in [1.29, 1.82) is 0 Å². The molecule has 2 heterocycles. The Morgan fingerprint density at radius 3 is 2.82 bits per heavy atom. The summed E-state index contributed by atoms with van der Waals surface area (Å²) in [5.74, 6) is 0.483. The summed E-state index contributed by atoms with van der Waals surface area (Å²) in [6.07, 6.45) is 1.18. The molecule has 1 amide bonds. The molecule has 150 valence electrons. The molecule has 6 nitrogen and oxygen atoms in total. The molecule has 0 radical (unpaired) electrons. The second kappa shape index (κ2) is 8.59. The molecule has 0 aliphatic carbocycles. The number of halogens is 1. The normalized spacial score (nSPS) is 19.4. The standard InChI is InChI=1S/C20H23ClN2O4S/c1-20(2)23(19(24)25)14(12-27-20)9-16(13-7-5-4-6-8-13)28-17-10-18(26-3)22-11-15(17)21/h4-8,10-11,14,16H,9,12H2,1-3H3,(H,24,25)/t14-,16+/m0/s1. The van der Waals surface area contributed by atoms with Crippen molar-refractivity contribution in [2.75, 3.05) is 13.7 Å². The minimum atomic E-state index is -0.979. The zero-order valence-corrected chi connectivity index (χ0v) is 17.5. The van der Waals surface area contributed by atoms with Crippen LogP contribution in [0.2, 0.25) is 5.02 Å². The lowest BCUT2D eigenvalue weighted by Crippen LogP contribution is -2.47. The van der Waals surface area contributed by atoms with Gasteiger partial charge in [0.1, 0.15) is 5.72 Å². The molecule has 3 rings (SSSR count). The van der Waals surface area contributed by atoms with Gasteiger partial charge in [-0.15, -0.1) is 11.8 Å². The van der Waals surface area contributed by atoms with E-state index in [1.54, 1.807) is 45.0 Å². The van der Waals surface area contributed by atoms with E-state index in [9.17, 15) is 9.90 Å². The Labute approximate surface area is 173 Å². The fourth-order valence-electron chi connectivity index (χ4n) is 3.37. The topological polar surface area (TPSA) is 71.9 Å². The van der Waals surface area contributed by atoms with Crippen LogP contribution >= 0.6 is 23.4 Å². The maximum absolute atomic E-state index is 11.8. The average Bonchev–Trinajstić information content (AvgIpc) is 2.97. The molecule has 1 aromatic carbocycles. The number of aromatic nitrogens is 1. The van der Waals surface area contributed by atoms with Gasteiger partial charge < -0.3 is 14.6 Å². The number of thioether (sulfide) groups is 1. The molecular formula is C20H23ClN2O4S. The van der Waals surface area contributed by atoms with Gasteiger partial charge in [0.15, 0.2) is 0 Å². The predicted molar refractivity (Wildman–Crippen MR) is 109 cm³/mol. The second-order valence-electron chi connectivity index (χ2n) is 6.97. The smallest absolute Gasteiger partial charge is 0.409 e. The third-order valence-electron chi connectivity index (χ3n) is 4.71. The molecule has 1 aliphatic rings. The van der Waals surface area contributed by atoms with Crippen molar-refractivity contribution in [3.05, 3.63) is 53.2 Å². The van der Waals surface area contributed by atoms with Gasteiger partial charge in [-0.05, 0) is 25.8 Å². The van der Waals surface area contributed by atoms with Gasteiger partial charge in [0.05, 0.1) is 31.0 Å². The fourth-order valence-corrected chi connectivity index (χ4v) is 4.86. The first kappa shape index (κ1) is 20.8. The lowest BCUT2D eigenvalue weighted by atomic mass is 10.0. The van der Waals surface area contributed by atoms with E-state index in [1.807, 2.05) is 30.3 Å². The quantitative estimate of drug-likeness (QED) is 0.654. The van der Waals surface area contributed by atoms with E-state index < -0.39 is 11.8 Å². The van der Waals surface area contributed by atoms with Gasteiger partial charge in [-0.3, -0.25) is 4.90 Å². The highest BCUT2D eigenvalue weighted by molar-refractivity contribution is 7.99. The van der Waals surface area contributed by atoms with E-state index >= 15 is 0 Å². The molecule has 1 fully saturated rings. The van der Waals surface area contributed by atoms with Crippen molar-refractivity contribution < 1.29 is 19.4 Å². The monoisotopic (exact) mass is 422 g/mol. The van der Waals surface area contributed by atoms with Crippen LogP contribution in [0.4, 0.5) is 4.79 Å². The number of carbonyl (C=O) groups is 1. The zero-order chi connectivity index (χ0) is 20.3. The molecule has 28 heavy (non-hydrogen) atoms. The molecule has 1 aliphatic heterocycles. The van der Waals surface area contributed by atoms with E-state index in [1.165, 1.54) is 4.90 Å². The number of amides is 1. The summed E-state index contributed by atoms with van der Waals surface area (Å²) in [6, 6.07) is 11.5. The summed E-state index contributed by atoms with van der Waals surface area (Å²) in [5, 5.41) is 10.2. The first-order chi connectivity index (χ1) is 13.3. The molecule has 0 bridgehead atoms. The van der Waals surface area contributed by atoms with Crippen molar-refractivity contribution in [3.8, 4) is 5.88 Å². The zero-order valence-electron chi connectivity index (χ0n) is 16.0. The van der Waals surface area contributed by atoms with Crippen molar-refractivity contribution in [3.63, 3.8) is 0 Å². The molecule has 1 saturated heterocycles. The van der Waals surface area contributed by atoms with Crippen LogP contribution in [0, 0.1) is 0 Å². The molecule has 1 aromatic heterocycles. The molecule has 2 aromatic rings. The number of methoxy groups -OCH3 is 1. The Morgan fingerprint density at radius 1 is 1.46 bits per heavy atom. The Bertz CT molecular complexity index is 834. The van der Waals surface area contributed by atoms with E-state index in [0.29, 0.717) is 23.9 Å². The highest BCUT2D eigenvalue weighted by Crippen LogP contribution is 2.44. The van der Waals surface area contributed by atoms with Crippen LogP contribution in [0.3, 0.4) is 0 Å². The summed E-state index contributed by atoms with van der Waals surface area (Å²) < 4.78 is 11.0. The summed E-state index contributed by atoms with van der Waals surface area (Å²) in [4.78, 5) is 18.2. The van der Waals surface area contributed by atoms with Crippen molar-refractivity contribution in [2.24, 2.45) is 0 Å². The number of rotatable bonds is 6. The van der Waals surface area contributed by atoms with Crippen molar-refractivity contribution in [2.45, 2.75) is 42.2 Å². The van der Waals surface area contributed by atoms with E-state index in [-0.39, 0.29) is 11.3 Å². The van der Waals surface area contributed by atoms with Gasteiger partial charge in [-0.2, -0.15) is 0 Å². The average molecular weight is 423 g/mol. The Kier molecular flexibility index (Phi) is 6.37. The maximum Gasteiger partial charge on any atom is 0.409 e. The summed E-state index contributed by atoms with van der Waals surface area (Å²) in [5.41, 5.74) is 0.245. The number of hydrogen-bond acceptors (Lipinski definition) is 5. The number of pyridine rings is 1. The minimum absolute atomic E-state index is 0.0184. The van der Waals surface area contributed by atoms with E-state index in [4.69, 9.17) is 21.1 Å². The molecule has 0 unspecified atom stereocenters. The predicted octanol–water partition coefficient (Wildman–Crippen LogP) is 5.08. The van der Waals surface area contributed by atoms with E-state index in [0.717, 1.165) is 10.5 Å². The highest BCUT2D eigenvalue weighted by atomic mass is 35.5. The SMILES string of the molecule is COc1cc(S[C@H](C[C@H]2COC(C)(C)N2C(=O)O)c2ccccc2)c(Cl)cn1. The molecule has 2 atom stereocenters. The summed E-state index contributed by atoms with van der Waals surface area (Å²) in [6.45, 7) is 3.91. The Balaban J connectivity index is 1.90. The van der Waals surface area contributed by atoms with Crippen LogP contribution in [0.25, 0.3) is 0 Å². The Morgan fingerprint density at radius 2 is 2.18 bits per heavy atom. The summed E-state index contributed by atoms with van der Waals surface area (Å²) >= 11 is 7.93. The largest absolute Gasteiger partial charge is 0.481 e. The second-order valence-corrected chi connectivity index (χ2v) is 8.63. The fraction of sp³-hybridized carbons (Fsp3) is 0.400. The minimum Gasteiger partial charge on any atom is -0.481 e. The van der Waals surface area contributed by atoms with Crippen LogP contribution in [0.1, 0.15) is 31.1 Å². The number of nitrogens with zero attached hydrogens (tertiary/aromatic N) is 2. The van der Waals surface area contributed by atoms with Gasteiger partial charge in [-0.1, -0.05) is 41.9 Å². The van der Waals surface area contributed by atoms with Crippen molar-refractivity contribution >= 4 is 29.5 Å². The molecule has 1 N–H and O–H groups in total. The molecular weight excluding hydrogens is 400 g/mol. The van der Waals surface area contributed by atoms with Crippen molar-refractivity contribution in [1.82, 2.24) is 9.88 Å². The highest BCUT2D eigenvalue weighted by Gasteiger charge is 2.44. The molecule has 0 saturated carbocycles. The van der Waals surface area contributed by atoms with Gasteiger partial charge in [0.2, 0.25) is 5.88 Å². The van der Waals surface area contributed by atoms with E-state index in [2.05, 4.69) is 4.98 Å². The number of ether oxygens (including phenoxy) is 2. The number of carboxylic acid groups (broad SMARTS) is 1. The lowest BCUT2D eigenvalue weighted by Gasteiger charge is -2.32. The molecule has 0 spiro atoms. The van der Waals surface area contributed by atoms with Gasteiger partial charge >= 0.3 is 6.09 Å². The van der Waals surface area contributed by atoms with Gasteiger partial charge in [0, 0.05) is 16.2 Å². The number of benzene rings is 1. The van der Waals surface area contributed by atoms with Gasteiger partial charge in [-0.25, -0.2) is 9.78 Å². The Hall–Kier alpha value is -1.96. The van der Waals surface area contributed by atoms with Crippen LogP contribution in [0.5, 0.6) is 5.88 Å². The van der Waals surface area contributed by atoms with Crippen LogP contribution in [-0.4, -0.2) is 46.6 Å². The summed E-state index contributed by atoms with van der Waals surface area (Å²) in [7, 11) is 1.56. The first-order valence-electron chi connectivity index (χ1n) is 8.89.